The van der Waals surface area contributed by atoms with Gasteiger partial charge in [-0.05, 0) is 6.42 Å². The van der Waals surface area contributed by atoms with Crippen LogP contribution in [0.3, 0.4) is 0 Å². The molecule has 2 aliphatic rings. The first kappa shape index (κ1) is 12.7. The summed E-state index contributed by atoms with van der Waals surface area (Å²) >= 11 is 1.54. The van der Waals surface area contributed by atoms with Crippen molar-refractivity contribution >= 4 is 17.7 Å². The topological polar surface area (TPSA) is 73.2 Å². The molecule has 1 aromatic rings. The zero-order valence-corrected chi connectivity index (χ0v) is 11.2. The minimum atomic E-state index is -0.336. The van der Waals surface area contributed by atoms with Crippen LogP contribution in [0, 0.1) is 5.92 Å². The van der Waals surface area contributed by atoms with Crippen molar-refractivity contribution < 1.29 is 9.53 Å². The van der Waals surface area contributed by atoms with Crippen LogP contribution >= 0.6 is 11.8 Å². The first-order valence-corrected chi connectivity index (χ1v) is 7.33. The van der Waals surface area contributed by atoms with E-state index in [-0.39, 0.29) is 17.0 Å². The Labute approximate surface area is 114 Å². The van der Waals surface area contributed by atoms with Crippen LogP contribution in [-0.2, 0) is 11.3 Å². The average Bonchev–Trinajstić information content (AvgIpc) is 3.07. The molecule has 1 atom stereocenters. The van der Waals surface area contributed by atoms with Gasteiger partial charge in [0, 0.05) is 37.6 Å². The lowest BCUT2D eigenvalue weighted by atomic mass is 10.1. The van der Waals surface area contributed by atoms with E-state index in [9.17, 15) is 9.59 Å². The van der Waals surface area contributed by atoms with Crippen LogP contribution in [0.2, 0.25) is 0 Å². The maximum Gasteiger partial charge on any atom is 0.267 e. The monoisotopic (exact) mass is 281 g/mol. The third-order valence-electron chi connectivity index (χ3n) is 3.38. The van der Waals surface area contributed by atoms with Crippen LogP contribution in [0.4, 0.5) is 0 Å². The first-order valence-electron chi connectivity index (χ1n) is 6.34. The second-order valence-electron chi connectivity index (χ2n) is 4.70. The molecule has 0 saturated carbocycles. The molecule has 1 aromatic heterocycles. The number of fused-ring (bicyclic) bond motifs is 1. The summed E-state index contributed by atoms with van der Waals surface area (Å²) in [6.07, 6.45) is 2.34. The van der Waals surface area contributed by atoms with Gasteiger partial charge in [0.2, 0.25) is 0 Å². The fourth-order valence-corrected chi connectivity index (χ4v) is 3.16. The number of ether oxygens (including phenoxy) is 1. The lowest BCUT2D eigenvalue weighted by Gasteiger charge is -2.09. The van der Waals surface area contributed by atoms with E-state index in [1.54, 1.807) is 4.57 Å². The molecule has 1 fully saturated rings. The molecule has 0 aliphatic carbocycles. The summed E-state index contributed by atoms with van der Waals surface area (Å²) in [5.74, 6) is 0.855. The third kappa shape index (κ3) is 2.52. The normalized spacial score (nSPS) is 21.4. The number of hydrogen-bond donors (Lipinski definition) is 1. The van der Waals surface area contributed by atoms with Gasteiger partial charge in [-0.15, -0.1) is 0 Å². The molecule has 0 spiro atoms. The average molecular weight is 281 g/mol. The van der Waals surface area contributed by atoms with E-state index in [0.717, 1.165) is 18.8 Å². The highest BCUT2D eigenvalue weighted by Gasteiger charge is 2.21. The Hall–Kier alpha value is -1.34. The molecule has 1 amide bonds. The summed E-state index contributed by atoms with van der Waals surface area (Å²) < 4.78 is 6.81. The zero-order chi connectivity index (χ0) is 13.2. The lowest BCUT2D eigenvalue weighted by Crippen LogP contribution is -2.35. The Balaban J connectivity index is 1.71. The van der Waals surface area contributed by atoms with Crippen molar-refractivity contribution in [3.05, 3.63) is 22.1 Å². The van der Waals surface area contributed by atoms with Crippen molar-refractivity contribution in [1.82, 2.24) is 14.9 Å². The molecule has 19 heavy (non-hydrogen) atoms. The van der Waals surface area contributed by atoms with Gasteiger partial charge in [0.15, 0.2) is 5.16 Å². The summed E-state index contributed by atoms with van der Waals surface area (Å²) in [4.78, 5) is 28.3. The summed E-state index contributed by atoms with van der Waals surface area (Å²) in [5, 5.41) is 3.49. The van der Waals surface area contributed by atoms with Crippen molar-refractivity contribution in [3.63, 3.8) is 0 Å². The van der Waals surface area contributed by atoms with Crippen molar-refractivity contribution in [2.75, 3.05) is 25.5 Å². The summed E-state index contributed by atoms with van der Waals surface area (Å²) in [6.45, 7) is 2.61. The van der Waals surface area contributed by atoms with E-state index in [4.69, 9.17) is 4.74 Å². The Bertz CT molecular complexity index is 552. The van der Waals surface area contributed by atoms with E-state index in [1.165, 1.54) is 18.0 Å². The van der Waals surface area contributed by atoms with Crippen LogP contribution in [0.1, 0.15) is 16.8 Å². The van der Waals surface area contributed by atoms with E-state index in [2.05, 4.69) is 10.3 Å². The van der Waals surface area contributed by atoms with Gasteiger partial charge in [-0.3, -0.25) is 14.2 Å². The number of nitrogens with one attached hydrogen (secondary N) is 1. The second kappa shape index (κ2) is 5.34. The van der Waals surface area contributed by atoms with Crippen LogP contribution in [0.25, 0.3) is 0 Å². The molecule has 7 heteroatoms. The van der Waals surface area contributed by atoms with E-state index in [1.807, 2.05) is 0 Å². The Kier molecular flexibility index (Phi) is 3.56. The number of amides is 1. The zero-order valence-electron chi connectivity index (χ0n) is 10.4. The van der Waals surface area contributed by atoms with Crippen LogP contribution in [-0.4, -0.2) is 41.0 Å². The Morgan fingerprint density at radius 3 is 3.32 bits per heavy atom. The quantitative estimate of drug-likeness (QED) is 0.796. The summed E-state index contributed by atoms with van der Waals surface area (Å²) in [7, 11) is 0. The van der Waals surface area contributed by atoms with Crippen molar-refractivity contribution in [2.45, 2.75) is 18.1 Å². The number of rotatable bonds is 3. The van der Waals surface area contributed by atoms with Gasteiger partial charge in [-0.2, -0.15) is 0 Å². The fraction of sp³-hybridized carbons (Fsp3) is 0.583. The summed E-state index contributed by atoms with van der Waals surface area (Å²) in [6, 6.07) is 0. The van der Waals surface area contributed by atoms with Crippen LogP contribution in [0.15, 0.2) is 16.1 Å². The molecule has 0 aromatic carbocycles. The molecule has 0 unspecified atom stereocenters. The van der Waals surface area contributed by atoms with Gasteiger partial charge in [0.25, 0.3) is 11.5 Å². The predicted molar refractivity (Wildman–Crippen MR) is 70.5 cm³/mol. The number of nitrogens with zero attached hydrogens (tertiary/aromatic N) is 2. The van der Waals surface area contributed by atoms with Gasteiger partial charge in [0.1, 0.15) is 5.56 Å². The maximum atomic E-state index is 12.1. The Morgan fingerprint density at radius 2 is 2.53 bits per heavy atom. The van der Waals surface area contributed by atoms with Crippen LogP contribution in [0.5, 0.6) is 0 Å². The van der Waals surface area contributed by atoms with Crippen molar-refractivity contribution in [1.29, 1.82) is 0 Å². The van der Waals surface area contributed by atoms with Crippen molar-refractivity contribution in [2.24, 2.45) is 5.92 Å². The van der Waals surface area contributed by atoms with E-state index < -0.39 is 0 Å². The van der Waals surface area contributed by atoms with E-state index >= 15 is 0 Å². The molecule has 1 saturated heterocycles. The van der Waals surface area contributed by atoms with Crippen molar-refractivity contribution in [3.8, 4) is 0 Å². The molecule has 102 valence electrons. The fourth-order valence-electron chi connectivity index (χ4n) is 2.25. The molecule has 3 rings (SSSR count). The standard InChI is InChI=1S/C12H15N3O3S/c16-10(13-5-8-1-3-18-7-8)9-6-14-12-15(11(9)17)2-4-19-12/h6,8H,1-5,7H2,(H,13,16)/t8-/m0/s1. The van der Waals surface area contributed by atoms with Gasteiger partial charge >= 0.3 is 0 Å². The molecular formula is C12H15N3O3S. The molecule has 1 N–H and O–H groups in total. The Morgan fingerprint density at radius 1 is 1.63 bits per heavy atom. The first-order chi connectivity index (χ1) is 9.25. The highest BCUT2D eigenvalue weighted by atomic mass is 32.2. The van der Waals surface area contributed by atoms with Gasteiger partial charge in [-0.1, -0.05) is 11.8 Å². The minimum absolute atomic E-state index is 0.130. The molecule has 3 heterocycles. The molecule has 0 radical (unpaired) electrons. The maximum absolute atomic E-state index is 12.1. The molecule has 6 nitrogen and oxygen atoms in total. The van der Waals surface area contributed by atoms with Gasteiger partial charge < -0.3 is 10.1 Å². The number of carbonyl (C=O) groups excluding carboxylic acids is 1. The number of carbonyl (C=O) groups is 1. The number of aromatic nitrogens is 2. The SMILES string of the molecule is O=C(NC[C@@H]1CCOC1)c1cnc2n(c1=O)CCS2. The lowest BCUT2D eigenvalue weighted by molar-refractivity contribution is 0.0942. The number of thioether (sulfide) groups is 1. The molecule has 0 bridgehead atoms. The van der Waals surface area contributed by atoms with Gasteiger partial charge in [-0.25, -0.2) is 4.98 Å². The predicted octanol–water partition coefficient (Wildman–Crippen LogP) is 0.115. The minimum Gasteiger partial charge on any atom is -0.381 e. The van der Waals surface area contributed by atoms with Crippen LogP contribution < -0.4 is 10.9 Å². The smallest absolute Gasteiger partial charge is 0.267 e. The van der Waals surface area contributed by atoms with E-state index in [0.29, 0.717) is 30.8 Å². The molecule has 2 aliphatic heterocycles. The summed E-state index contributed by atoms with van der Waals surface area (Å²) in [5.41, 5.74) is -0.111. The second-order valence-corrected chi connectivity index (χ2v) is 5.76. The van der Waals surface area contributed by atoms with Gasteiger partial charge in [0.05, 0.1) is 6.61 Å². The highest BCUT2D eigenvalue weighted by Crippen LogP contribution is 2.20. The molecular weight excluding hydrogens is 266 g/mol. The largest absolute Gasteiger partial charge is 0.381 e. The third-order valence-corrected chi connectivity index (χ3v) is 4.35. The number of hydrogen-bond acceptors (Lipinski definition) is 5. The highest BCUT2D eigenvalue weighted by molar-refractivity contribution is 7.99.